The lowest BCUT2D eigenvalue weighted by Crippen LogP contribution is -1.83. The van der Waals surface area contributed by atoms with Crippen molar-refractivity contribution in [2.24, 2.45) is 0 Å². The Morgan fingerprint density at radius 1 is 1.00 bits per heavy atom. The van der Waals surface area contributed by atoms with Gasteiger partial charge in [-0.05, 0) is 73.5 Å². The largest absolute Gasteiger partial charge is 0.497 e. The van der Waals surface area contributed by atoms with Crippen LogP contribution in [0.4, 0.5) is 0 Å². The predicted octanol–water partition coefficient (Wildman–Crippen LogP) is 6.11. The first-order valence-corrected chi connectivity index (χ1v) is 8.80. The van der Waals surface area contributed by atoms with Crippen molar-refractivity contribution in [1.82, 2.24) is 0 Å². The summed E-state index contributed by atoms with van der Waals surface area (Å²) in [5.74, 6) is 0.868. The molecule has 0 saturated heterocycles. The first-order valence-electron chi connectivity index (χ1n) is 5.99. The maximum Gasteiger partial charge on any atom is 0.119 e. The van der Waals surface area contributed by atoms with Crippen LogP contribution in [0.25, 0.3) is 12.2 Å². The normalized spacial score (nSPS) is 11.0. The van der Waals surface area contributed by atoms with Gasteiger partial charge in [0, 0.05) is 13.8 Å². The average molecular weight is 414 g/mol. The summed E-state index contributed by atoms with van der Waals surface area (Å²) in [6.07, 6.45) is 6.24. The molecular weight excluding hydrogens is 400 g/mol. The number of methoxy groups -OCH3 is 1. The second kappa shape index (κ2) is 7.34. The molecule has 2 aromatic rings. The molecule has 0 amide bonds. The monoisotopic (exact) mass is 412 g/mol. The number of hydrogen-bond donors (Lipinski definition) is 0. The predicted molar refractivity (Wildman–Crippen MR) is 95.5 cm³/mol. The third-order valence-electron chi connectivity index (χ3n) is 2.79. The minimum Gasteiger partial charge on any atom is -0.497 e. The molecule has 0 unspecified atom stereocenters. The number of rotatable bonds is 4. The molecule has 0 N–H and O–H groups in total. The Hall–Kier alpha value is -0.710. The Labute approximate surface area is 140 Å². The molecule has 0 spiro atoms. The van der Waals surface area contributed by atoms with E-state index < -0.39 is 0 Å². The van der Waals surface area contributed by atoms with Crippen molar-refractivity contribution in [2.75, 3.05) is 13.4 Å². The number of hydrogen-bond acceptors (Lipinski definition) is 2. The highest BCUT2D eigenvalue weighted by molar-refractivity contribution is 9.11. The van der Waals surface area contributed by atoms with Crippen molar-refractivity contribution in [3.05, 3.63) is 56.5 Å². The SMILES string of the molecule is COc1cccc(/C=C\c2cc(Br)c(SC)c(Br)c2)c1. The molecule has 0 aliphatic rings. The zero-order valence-electron chi connectivity index (χ0n) is 11.2. The van der Waals surface area contributed by atoms with Crippen molar-refractivity contribution < 1.29 is 4.74 Å². The first kappa shape index (κ1) is 15.7. The van der Waals surface area contributed by atoms with Crippen molar-refractivity contribution in [2.45, 2.75) is 4.90 Å². The van der Waals surface area contributed by atoms with Crippen LogP contribution in [0, 0.1) is 0 Å². The van der Waals surface area contributed by atoms with Crippen LogP contribution in [0.3, 0.4) is 0 Å². The topological polar surface area (TPSA) is 9.23 Å². The maximum atomic E-state index is 5.22. The van der Waals surface area contributed by atoms with Gasteiger partial charge in [-0.25, -0.2) is 0 Å². The van der Waals surface area contributed by atoms with Gasteiger partial charge in [-0.3, -0.25) is 0 Å². The molecule has 0 aromatic heterocycles. The molecule has 104 valence electrons. The summed E-state index contributed by atoms with van der Waals surface area (Å²) in [6, 6.07) is 12.2. The fourth-order valence-corrected chi connectivity index (χ4v) is 4.51. The molecule has 0 fully saturated rings. The van der Waals surface area contributed by atoms with Crippen LogP contribution in [-0.4, -0.2) is 13.4 Å². The van der Waals surface area contributed by atoms with E-state index in [9.17, 15) is 0 Å². The molecule has 1 nitrogen and oxygen atoms in total. The van der Waals surface area contributed by atoms with E-state index in [1.165, 1.54) is 4.90 Å². The van der Waals surface area contributed by atoms with Crippen molar-refractivity contribution >= 4 is 55.8 Å². The Morgan fingerprint density at radius 2 is 1.65 bits per heavy atom. The number of halogens is 2. The van der Waals surface area contributed by atoms with Gasteiger partial charge in [-0.1, -0.05) is 24.3 Å². The van der Waals surface area contributed by atoms with Gasteiger partial charge in [-0.15, -0.1) is 11.8 Å². The molecule has 0 aliphatic carbocycles. The van der Waals surface area contributed by atoms with Gasteiger partial charge in [0.1, 0.15) is 5.75 Å². The highest BCUT2D eigenvalue weighted by Crippen LogP contribution is 2.34. The van der Waals surface area contributed by atoms with Crippen molar-refractivity contribution in [1.29, 1.82) is 0 Å². The van der Waals surface area contributed by atoms with Crippen LogP contribution in [-0.2, 0) is 0 Å². The third-order valence-corrected chi connectivity index (χ3v) is 5.41. The van der Waals surface area contributed by atoms with Crippen LogP contribution < -0.4 is 4.74 Å². The van der Waals surface area contributed by atoms with E-state index in [2.05, 4.69) is 68.5 Å². The van der Waals surface area contributed by atoms with Crippen molar-refractivity contribution in [3.63, 3.8) is 0 Å². The fourth-order valence-electron chi connectivity index (χ4n) is 1.81. The summed E-state index contributed by atoms with van der Waals surface area (Å²) in [5, 5.41) is 0. The third kappa shape index (κ3) is 3.90. The quantitative estimate of drug-likeness (QED) is 0.441. The molecular formula is C16H14Br2OS. The Bertz CT molecular complexity index is 615. The Kier molecular flexibility index (Phi) is 5.75. The van der Waals surface area contributed by atoms with Crippen LogP contribution in [0.15, 0.2) is 50.2 Å². The van der Waals surface area contributed by atoms with Gasteiger partial charge >= 0.3 is 0 Å². The highest BCUT2D eigenvalue weighted by atomic mass is 79.9. The highest BCUT2D eigenvalue weighted by Gasteiger charge is 2.05. The molecule has 4 heteroatoms. The fraction of sp³-hybridized carbons (Fsp3) is 0.125. The summed E-state index contributed by atoms with van der Waals surface area (Å²) in [6.45, 7) is 0. The zero-order valence-corrected chi connectivity index (χ0v) is 15.2. The summed E-state index contributed by atoms with van der Waals surface area (Å²) < 4.78 is 7.43. The molecule has 0 bridgehead atoms. The lowest BCUT2D eigenvalue weighted by Gasteiger charge is -2.06. The van der Waals surface area contributed by atoms with Gasteiger partial charge in [0.2, 0.25) is 0 Å². The lowest BCUT2D eigenvalue weighted by atomic mass is 10.1. The molecule has 0 atom stereocenters. The number of thioether (sulfide) groups is 1. The molecule has 0 aliphatic heterocycles. The van der Waals surface area contributed by atoms with E-state index in [1.54, 1.807) is 18.9 Å². The summed E-state index contributed by atoms with van der Waals surface area (Å²) in [4.78, 5) is 1.21. The maximum absolute atomic E-state index is 5.22. The van der Waals surface area contributed by atoms with Gasteiger partial charge in [-0.2, -0.15) is 0 Å². The van der Waals surface area contributed by atoms with E-state index >= 15 is 0 Å². The smallest absolute Gasteiger partial charge is 0.119 e. The van der Waals surface area contributed by atoms with Crippen molar-refractivity contribution in [3.8, 4) is 5.75 Å². The van der Waals surface area contributed by atoms with E-state index in [-0.39, 0.29) is 0 Å². The lowest BCUT2D eigenvalue weighted by molar-refractivity contribution is 0.414. The zero-order chi connectivity index (χ0) is 14.5. The molecule has 20 heavy (non-hydrogen) atoms. The van der Waals surface area contributed by atoms with Gasteiger partial charge in [0.05, 0.1) is 7.11 Å². The molecule has 0 radical (unpaired) electrons. The van der Waals surface area contributed by atoms with Gasteiger partial charge < -0.3 is 4.74 Å². The minimum absolute atomic E-state index is 0.868. The molecule has 2 rings (SSSR count). The second-order valence-electron chi connectivity index (χ2n) is 4.13. The van der Waals surface area contributed by atoms with Crippen LogP contribution in [0.5, 0.6) is 5.75 Å². The Morgan fingerprint density at radius 3 is 2.25 bits per heavy atom. The van der Waals surface area contributed by atoms with E-state index in [0.717, 1.165) is 25.8 Å². The number of ether oxygens (including phenoxy) is 1. The molecule has 0 heterocycles. The number of benzene rings is 2. The van der Waals surface area contributed by atoms with Gasteiger partial charge in [0.25, 0.3) is 0 Å². The summed E-state index contributed by atoms with van der Waals surface area (Å²) in [7, 11) is 1.68. The Balaban J connectivity index is 2.27. The van der Waals surface area contributed by atoms with E-state index in [1.807, 2.05) is 18.2 Å². The average Bonchev–Trinajstić information content (AvgIpc) is 2.45. The van der Waals surface area contributed by atoms with Crippen LogP contribution in [0.1, 0.15) is 11.1 Å². The molecule has 0 saturated carbocycles. The summed E-state index contributed by atoms with van der Waals surface area (Å²) in [5.41, 5.74) is 2.26. The van der Waals surface area contributed by atoms with E-state index in [0.29, 0.717) is 0 Å². The standard InChI is InChI=1S/C16H14Br2OS/c1-19-13-5-3-4-11(8-13)6-7-12-9-14(17)16(20-2)15(18)10-12/h3-10H,1-2H3/b7-6-. The second-order valence-corrected chi connectivity index (χ2v) is 6.65. The molecule has 2 aromatic carbocycles. The minimum atomic E-state index is 0.868. The summed E-state index contributed by atoms with van der Waals surface area (Å²) >= 11 is 8.92. The first-order chi connectivity index (χ1) is 9.63. The van der Waals surface area contributed by atoms with Gasteiger partial charge in [0.15, 0.2) is 0 Å². The van der Waals surface area contributed by atoms with E-state index in [4.69, 9.17) is 4.74 Å². The van der Waals surface area contributed by atoms with Crippen LogP contribution in [0.2, 0.25) is 0 Å². The van der Waals surface area contributed by atoms with Crippen LogP contribution >= 0.6 is 43.6 Å².